The van der Waals surface area contributed by atoms with E-state index in [2.05, 4.69) is 53.7 Å². The minimum absolute atomic E-state index is 0.0239. The van der Waals surface area contributed by atoms with Crippen molar-refractivity contribution in [2.24, 2.45) is 0 Å². The minimum Gasteiger partial charge on any atom is -0.453 e. The van der Waals surface area contributed by atoms with Crippen LogP contribution in [-0.4, -0.2) is 5.78 Å². The van der Waals surface area contributed by atoms with Gasteiger partial charge in [-0.3, -0.25) is 4.79 Å². The van der Waals surface area contributed by atoms with Crippen molar-refractivity contribution in [1.82, 2.24) is 0 Å². The molecule has 1 heterocycles. The lowest BCUT2D eigenvalue weighted by Gasteiger charge is -2.25. The highest BCUT2D eigenvalue weighted by Gasteiger charge is 2.25. The molecule has 114 valence electrons. The van der Waals surface area contributed by atoms with Gasteiger partial charge in [0.25, 0.3) is 0 Å². The van der Waals surface area contributed by atoms with E-state index in [9.17, 15) is 4.79 Å². The first-order chi connectivity index (χ1) is 9.54. The summed E-state index contributed by atoms with van der Waals surface area (Å²) in [6.07, 6.45) is 0.469. The maximum atomic E-state index is 11.9. The Morgan fingerprint density at radius 1 is 1.00 bits per heavy atom. The van der Waals surface area contributed by atoms with E-state index in [1.54, 1.807) is 0 Å². The van der Waals surface area contributed by atoms with Crippen LogP contribution in [0.3, 0.4) is 0 Å². The molecule has 0 atom stereocenters. The van der Waals surface area contributed by atoms with Crippen molar-refractivity contribution in [1.29, 1.82) is 0 Å². The topological polar surface area (TPSA) is 30.2 Å². The molecule has 0 aliphatic rings. The molecule has 1 aromatic heterocycles. The van der Waals surface area contributed by atoms with Crippen molar-refractivity contribution >= 4 is 16.8 Å². The molecular weight excluding hydrogens is 260 g/mol. The van der Waals surface area contributed by atoms with Gasteiger partial charge in [0.1, 0.15) is 5.58 Å². The molecule has 0 bridgehead atoms. The predicted octanol–water partition coefficient (Wildman–Crippen LogP) is 5.62. The first kappa shape index (κ1) is 15.8. The Morgan fingerprint density at radius 2 is 1.62 bits per heavy atom. The number of hydrogen-bond donors (Lipinski definition) is 0. The monoisotopic (exact) mass is 286 g/mol. The van der Waals surface area contributed by atoms with Crippen LogP contribution in [-0.2, 0) is 10.8 Å². The standard InChI is InChI=1S/C19H26O2/c1-8-15(20)16-10-12-9-13(18(2,3)4)11-14(17(12)21-16)19(5,6)7/h9-11H,8H2,1-7H3. The highest BCUT2D eigenvalue weighted by atomic mass is 16.3. The zero-order valence-electron chi connectivity index (χ0n) is 14.3. The average Bonchev–Trinajstić information content (AvgIpc) is 2.77. The minimum atomic E-state index is -0.0239. The van der Waals surface area contributed by atoms with E-state index in [1.807, 2.05) is 13.0 Å². The van der Waals surface area contributed by atoms with E-state index in [1.165, 1.54) is 11.1 Å². The average molecular weight is 286 g/mol. The Balaban J connectivity index is 2.78. The molecule has 0 unspecified atom stereocenters. The van der Waals surface area contributed by atoms with Gasteiger partial charge in [0.2, 0.25) is 0 Å². The van der Waals surface area contributed by atoms with Gasteiger partial charge < -0.3 is 4.42 Å². The number of ketones is 1. The second-order valence-corrected chi connectivity index (χ2v) is 7.83. The Morgan fingerprint density at radius 3 is 2.10 bits per heavy atom. The third-order valence-electron chi connectivity index (χ3n) is 3.89. The second kappa shape index (κ2) is 5.01. The fraction of sp³-hybridized carbons (Fsp3) is 0.526. The van der Waals surface area contributed by atoms with E-state index in [0.717, 1.165) is 11.0 Å². The molecule has 0 saturated heterocycles. The van der Waals surface area contributed by atoms with Gasteiger partial charge in [0, 0.05) is 17.4 Å². The summed E-state index contributed by atoms with van der Waals surface area (Å²) in [6, 6.07) is 6.28. The molecule has 0 spiro atoms. The van der Waals surface area contributed by atoms with Gasteiger partial charge in [-0.25, -0.2) is 0 Å². The van der Waals surface area contributed by atoms with Crippen LogP contribution in [0, 0.1) is 0 Å². The fourth-order valence-corrected chi connectivity index (χ4v) is 2.45. The number of hydrogen-bond acceptors (Lipinski definition) is 2. The van der Waals surface area contributed by atoms with E-state index in [-0.39, 0.29) is 16.6 Å². The van der Waals surface area contributed by atoms with Gasteiger partial charge in [0.15, 0.2) is 11.5 Å². The fourth-order valence-electron chi connectivity index (χ4n) is 2.45. The molecule has 2 heteroatoms. The number of carbonyl (C=O) groups is 1. The van der Waals surface area contributed by atoms with Crippen molar-refractivity contribution in [3.8, 4) is 0 Å². The summed E-state index contributed by atoms with van der Waals surface area (Å²) in [5.41, 5.74) is 3.34. The maximum Gasteiger partial charge on any atom is 0.197 e. The lowest BCUT2D eigenvalue weighted by atomic mass is 9.80. The first-order valence-corrected chi connectivity index (χ1v) is 7.66. The zero-order valence-corrected chi connectivity index (χ0v) is 14.3. The van der Waals surface area contributed by atoms with Crippen molar-refractivity contribution in [2.45, 2.75) is 65.7 Å². The Kier molecular flexibility index (Phi) is 3.77. The summed E-state index contributed by atoms with van der Waals surface area (Å²) in [6.45, 7) is 15.0. The molecule has 0 N–H and O–H groups in total. The van der Waals surface area contributed by atoms with Crippen molar-refractivity contribution < 1.29 is 9.21 Å². The normalized spacial score (nSPS) is 12.9. The van der Waals surface area contributed by atoms with Crippen molar-refractivity contribution in [2.75, 3.05) is 0 Å². The van der Waals surface area contributed by atoms with Gasteiger partial charge in [-0.1, -0.05) is 54.5 Å². The molecule has 0 aliphatic carbocycles. The van der Waals surface area contributed by atoms with Gasteiger partial charge in [-0.05, 0) is 28.5 Å². The highest BCUT2D eigenvalue weighted by Crippen LogP contribution is 2.36. The van der Waals surface area contributed by atoms with Crippen molar-refractivity contribution in [3.63, 3.8) is 0 Å². The summed E-state index contributed by atoms with van der Waals surface area (Å²) in [5.74, 6) is 0.535. The Hall–Kier alpha value is -1.57. The van der Waals surface area contributed by atoms with E-state index in [0.29, 0.717) is 12.2 Å². The molecule has 0 saturated carbocycles. The smallest absolute Gasteiger partial charge is 0.197 e. The number of fused-ring (bicyclic) bond motifs is 1. The van der Waals surface area contributed by atoms with E-state index < -0.39 is 0 Å². The maximum absolute atomic E-state index is 11.9. The molecular formula is C19H26O2. The second-order valence-electron chi connectivity index (χ2n) is 7.83. The molecule has 0 amide bonds. The third kappa shape index (κ3) is 3.04. The van der Waals surface area contributed by atoms with Crippen LogP contribution in [0.15, 0.2) is 22.6 Å². The largest absolute Gasteiger partial charge is 0.453 e. The van der Waals surface area contributed by atoms with Crippen LogP contribution in [0.5, 0.6) is 0 Å². The van der Waals surface area contributed by atoms with Crippen LogP contribution in [0.2, 0.25) is 0 Å². The predicted molar refractivity (Wildman–Crippen MR) is 88.2 cm³/mol. The van der Waals surface area contributed by atoms with Gasteiger partial charge in [0.05, 0.1) is 0 Å². The lowest BCUT2D eigenvalue weighted by molar-refractivity contribution is 0.0963. The number of furan rings is 1. The molecule has 1 aromatic carbocycles. The van der Waals surface area contributed by atoms with Gasteiger partial charge in [-0.2, -0.15) is 0 Å². The Labute approximate surface area is 127 Å². The number of rotatable bonds is 2. The summed E-state index contributed by atoms with van der Waals surface area (Å²) in [7, 11) is 0. The van der Waals surface area contributed by atoms with Crippen LogP contribution >= 0.6 is 0 Å². The number of Topliss-reactive ketones (excluding diaryl/α,β-unsaturated/α-hetero) is 1. The van der Waals surface area contributed by atoms with Crippen LogP contribution in [0.1, 0.15) is 76.6 Å². The molecule has 0 radical (unpaired) electrons. The van der Waals surface area contributed by atoms with Crippen molar-refractivity contribution in [3.05, 3.63) is 35.1 Å². The Bertz CT molecular complexity index is 676. The quantitative estimate of drug-likeness (QED) is 0.671. The van der Waals surface area contributed by atoms with Crippen LogP contribution in [0.25, 0.3) is 11.0 Å². The first-order valence-electron chi connectivity index (χ1n) is 7.66. The van der Waals surface area contributed by atoms with Crippen LogP contribution < -0.4 is 0 Å². The summed E-state index contributed by atoms with van der Waals surface area (Å²) in [4.78, 5) is 11.9. The number of benzene rings is 1. The summed E-state index contributed by atoms with van der Waals surface area (Å²) in [5, 5.41) is 1.03. The van der Waals surface area contributed by atoms with Gasteiger partial charge >= 0.3 is 0 Å². The SMILES string of the molecule is CCC(=O)c1cc2cc(C(C)(C)C)cc(C(C)(C)C)c2o1. The van der Waals surface area contributed by atoms with Crippen LogP contribution in [0.4, 0.5) is 0 Å². The third-order valence-corrected chi connectivity index (χ3v) is 3.89. The molecule has 2 nitrogen and oxygen atoms in total. The molecule has 0 fully saturated rings. The number of carbonyl (C=O) groups excluding carboxylic acids is 1. The summed E-state index contributed by atoms with van der Waals surface area (Å²) >= 11 is 0. The summed E-state index contributed by atoms with van der Waals surface area (Å²) < 4.78 is 5.90. The highest BCUT2D eigenvalue weighted by molar-refractivity contribution is 5.98. The van der Waals surface area contributed by atoms with E-state index in [4.69, 9.17) is 4.42 Å². The van der Waals surface area contributed by atoms with E-state index >= 15 is 0 Å². The molecule has 0 aliphatic heterocycles. The molecule has 21 heavy (non-hydrogen) atoms. The molecule has 2 aromatic rings. The molecule has 2 rings (SSSR count). The van der Waals surface area contributed by atoms with Gasteiger partial charge in [-0.15, -0.1) is 0 Å². The zero-order chi connectivity index (χ0) is 16.0. The lowest BCUT2D eigenvalue weighted by Crippen LogP contribution is -2.16.